The molecule has 1 unspecified atom stereocenters. The van der Waals surface area contributed by atoms with Crippen LogP contribution < -0.4 is 10.1 Å². The van der Waals surface area contributed by atoms with Crippen LogP contribution in [0.15, 0.2) is 24.3 Å². The predicted molar refractivity (Wildman–Crippen MR) is 80.5 cm³/mol. The van der Waals surface area contributed by atoms with Gasteiger partial charge in [-0.15, -0.1) is 0 Å². The molecule has 1 amide bonds. The van der Waals surface area contributed by atoms with Crippen molar-refractivity contribution >= 4 is 11.9 Å². The minimum absolute atomic E-state index is 0.0678. The molecule has 21 heavy (non-hydrogen) atoms. The van der Waals surface area contributed by atoms with Crippen LogP contribution in [0.2, 0.25) is 0 Å². The standard InChI is InChI=1S/C16H23NO4/c1-11(15(20)17-10-9-14(18)19)21-13-7-5-12(6-8-13)16(2,3)4/h5-8,11H,9-10H2,1-4H3,(H,17,20)(H,18,19). The molecule has 5 heteroatoms. The monoisotopic (exact) mass is 293 g/mol. The quantitative estimate of drug-likeness (QED) is 0.844. The second-order valence-corrected chi connectivity index (χ2v) is 5.97. The van der Waals surface area contributed by atoms with Crippen LogP contribution in [-0.4, -0.2) is 29.6 Å². The van der Waals surface area contributed by atoms with Gasteiger partial charge in [0.05, 0.1) is 6.42 Å². The SMILES string of the molecule is CC(Oc1ccc(C(C)(C)C)cc1)C(=O)NCCC(=O)O. The van der Waals surface area contributed by atoms with E-state index >= 15 is 0 Å². The maximum absolute atomic E-state index is 11.7. The van der Waals surface area contributed by atoms with Crippen molar-refractivity contribution in [3.05, 3.63) is 29.8 Å². The van der Waals surface area contributed by atoms with Crippen molar-refractivity contribution in [2.24, 2.45) is 0 Å². The van der Waals surface area contributed by atoms with Gasteiger partial charge in [-0.3, -0.25) is 9.59 Å². The van der Waals surface area contributed by atoms with E-state index in [9.17, 15) is 9.59 Å². The van der Waals surface area contributed by atoms with Crippen LogP contribution in [0.3, 0.4) is 0 Å². The molecule has 1 atom stereocenters. The number of nitrogens with one attached hydrogen (secondary N) is 1. The molecule has 0 bridgehead atoms. The van der Waals surface area contributed by atoms with E-state index in [2.05, 4.69) is 26.1 Å². The zero-order valence-electron chi connectivity index (χ0n) is 13.0. The largest absolute Gasteiger partial charge is 0.481 e. The van der Waals surface area contributed by atoms with Crippen LogP contribution in [0.4, 0.5) is 0 Å². The van der Waals surface area contributed by atoms with Crippen LogP contribution in [0.1, 0.15) is 39.7 Å². The Morgan fingerprint density at radius 2 is 1.81 bits per heavy atom. The maximum Gasteiger partial charge on any atom is 0.305 e. The fourth-order valence-electron chi connectivity index (χ4n) is 1.73. The van der Waals surface area contributed by atoms with E-state index in [0.717, 1.165) is 0 Å². The van der Waals surface area contributed by atoms with Crippen LogP contribution in [-0.2, 0) is 15.0 Å². The minimum atomic E-state index is -0.943. The van der Waals surface area contributed by atoms with Gasteiger partial charge in [-0.2, -0.15) is 0 Å². The third kappa shape index (κ3) is 5.85. The highest BCUT2D eigenvalue weighted by Gasteiger charge is 2.16. The second kappa shape index (κ2) is 7.11. The lowest BCUT2D eigenvalue weighted by Crippen LogP contribution is -2.37. The number of hydrogen-bond donors (Lipinski definition) is 2. The first-order chi connectivity index (χ1) is 9.70. The maximum atomic E-state index is 11.7. The zero-order chi connectivity index (χ0) is 16.0. The average molecular weight is 293 g/mol. The second-order valence-electron chi connectivity index (χ2n) is 5.97. The van der Waals surface area contributed by atoms with Gasteiger partial charge in [0, 0.05) is 6.54 Å². The average Bonchev–Trinajstić information content (AvgIpc) is 2.37. The van der Waals surface area contributed by atoms with E-state index in [1.165, 1.54) is 5.56 Å². The summed E-state index contributed by atoms with van der Waals surface area (Å²) in [5.41, 5.74) is 1.26. The van der Waals surface area contributed by atoms with Crippen molar-refractivity contribution in [3.8, 4) is 5.75 Å². The van der Waals surface area contributed by atoms with Crippen LogP contribution in [0, 0.1) is 0 Å². The molecule has 0 aliphatic rings. The van der Waals surface area contributed by atoms with Gasteiger partial charge in [-0.1, -0.05) is 32.9 Å². The number of ether oxygens (including phenoxy) is 1. The Morgan fingerprint density at radius 1 is 1.24 bits per heavy atom. The number of rotatable bonds is 6. The minimum Gasteiger partial charge on any atom is -0.481 e. The summed E-state index contributed by atoms with van der Waals surface area (Å²) in [7, 11) is 0. The van der Waals surface area contributed by atoms with Gasteiger partial charge in [-0.05, 0) is 30.0 Å². The van der Waals surface area contributed by atoms with Gasteiger partial charge in [0.2, 0.25) is 0 Å². The van der Waals surface area contributed by atoms with Crippen molar-refractivity contribution in [1.29, 1.82) is 0 Å². The fourth-order valence-corrected chi connectivity index (χ4v) is 1.73. The summed E-state index contributed by atoms with van der Waals surface area (Å²) < 4.78 is 5.54. The first kappa shape index (κ1) is 17.0. The van der Waals surface area contributed by atoms with E-state index in [4.69, 9.17) is 9.84 Å². The summed E-state index contributed by atoms with van der Waals surface area (Å²) in [5.74, 6) is -0.651. The van der Waals surface area contributed by atoms with Gasteiger partial charge in [0.25, 0.3) is 5.91 Å². The predicted octanol–water partition coefficient (Wildman–Crippen LogP) is 2.34. The van der Waals surface area contributed by atoms with E-state index < -0.39 is 12.1 Å². The third-order valence-electron chi connectivity index (χ3n) is 3.04. The van der Waals surface area contributed by atoms with Gasteiger partial charge in [0.1, 0.15) is 5.75 Å². The molecule has 0 saturated heterocycles. The Hall–Kier alpha value is -2.04. The summed E-state index contributed by atoms with van der Waals surface area (Å²) in [5, 5.41) is 11.0. The number of benzene rings is 1. The summed E-state index contributed by atoms with van der Waals surface area (Å²) in [4.78, 5) is 22.1. The highest BCUT2D eigenvalue weighted by atomic mass is 16.5. The molecule has 0 aromatic heterocycles. The molecule has 2 N–H and O–H groups in total. The van der Waals surface area contributed by atoms with Crippen molar-refractivity contribution in [3.63, 3.8) is 0 Å². The fraction of sp³-hybridized carbons (Fsp3) is 0.500. The third-order valence-corrected chi connectivity index (χ3v) is 3.04. The summed E-state index contributed by atoms with van der Waals surface area (Å²) in [6.07, 6.45) is -0.766. The lowest BCUT2D eigenvalue weighted by atomic mass is 9.87. The molecule has 1 rings (SSSR count). The topological polar surface area (TPSA) is 75.6 Å². The Morgan fingerprint density at radius 3 is 2.29 bits per heavy atom. The molecule has 0 saturated carbocycles. The Bertz CT molecular complexity index is 488. The summed E-state index contributed by atoms with van der Waals surface area (Å²) in [6.45, 7) is 8.11. The molecule has 0 spiro atoms. The molecule has 0 aliphatic carbocycles. The van der Waals surface area contributed by atoms with Gasteiger partial charge >= 0.3 is 5.97 Å². The van der Waals surface area contributed by atoms with Gasteiger partial charge < -0.3 is 15.2 Å². The molecule has 0 radical (unpaired) electrons. The molecule has 0 heterocycles. The molecular weight excluding hydrogens is 270 g/mol. The normalized spacial score (nSPS) is 12.6. The molecule has 0 fully saturated rings. The lowest BCUT2D eigenvalue weighted by Gasteiger charge is -2.20. The Labute approximate surface area is 125 Å². The van der Waals surface area contributed by atoms with Crippen molar-refractivity contribution in [1.82, 2.24) is 5.32 Å². The molecule has 5 nitrogen and oxygen atoms in total. The van der Waals surface area contributed by atoms with E-state index in [-0.39, 0.29) is 24.3 Å². The number of hydrogen-bond acceptors (Lipinski definition) is 3. The first-order valence-corrected chi connectivity index (χ1v) is 6.97. The Balaban J connectivity index is 2.52. The van der Waals surface area contributed by atoms with Crippen LogP contribution in [0.5, 0.6) is 5.75 Å². The number of carboxylic acid groups (broad SMARTS) is 1. The van der Waals surface area contributed by atoms with E-state index in [1.807, 2.05) is 24.3 Å². The van der Waals surface area contributed by atoms with E-state index in [1.54, 1.807) is 6.92 Å². The van der Waals surface area contributed by atoms with Crippen molar-refractivity contribution in [2.75, 3.05) is 6.54 Å². The molecule has 1 aromatic carbocycles. The van der Waals surface area contributed by atoms with Gasteiger partial charge in [0.15, 0.2) is 6.10 Å². The Kier molecular flexibility index (Phi) is 5.76. The van der Waals surface area contributed by atoms with Crippen molar-refractivity contribution < 1.29 is 19.4 Å². The summed E-state index contributed by atoms with van der Waals surface area (Å²) >= 11 is 0. The number of carbonyl (C=O) groups is 2. The first-order valence-electron chi connectivity index (χ1n) is 6.97. The lowest BCUT2D eigenvalue weighted by molar-refractivity contribution is -0.137. The number of carboxylic acids is 1. The molecule has 0 aliphatic heterocycles. The smallest absolute Gasteiger partial charge is 0.305 e. The zero-order valence-corrected chi connectivity index (χ0v) is 13.0. The van der Waals surface area contributed by atoms with Gasteiger partial charge in [-0.25, -0.2) is 0 Å². The number of carbonyl (C=O) groups excluding carboxylic acids is 1. The molecule has 116 valence electrons. The van der Waals surface area contributed by atoms with E-state index in [0.29, 0.717) is 5.75 Å². The van der Waals surface area contributed by atoms with Crippen molar-refractivity contribution in [2.45, 2.75) is 45.6 Å². The molecular formula is C16H23NO4. The molecule has 1 aromatic rings. The summed E-state index contributed by atoms with van der Waals surface area (Å²) in [6, 6.07) is 7.62. The number of amides is 1. The highest BCUT2D eigenvalue weighted by Crippen LogP contribution is 2.24. The van der Waals surface area contributed by atoms with Crippen LogP contribution in [0.25, 0.3) is 0 Å². The van der Waals surface area contributed by atoms with Crippen LogP contribution >= 0.6 is 0 Å². The highest BCUT2D eigenvalue weighted by molar-refractivity contribution is 5.81. The number of aliphatic carboxylic acids is 1.